The Kier molecular flexibility index (Phi) is 4.48. The molecule has 19 heavy (non-hydrogen) atoms. The van der Waals surface area contributed by atoms with E-state index in [1.165, 1.54) is 0 Å². The van der Waals surface area contributed by atoms with Crippen LogP contribution in [0.3, 0.4) is 0 Å². The molecule has 1 heterocycles. The van der Waals surface area contributed by atoms with Crippen LogP contribution in [-0.2, 0) is 0 Å². The van der Waals surface area contributed by atoms with Gasteiger partial charge in [-0.2, -0.15) is 0 Å². The molecule has 0 aliphatic carbocycles. The van der Waals surface area contributed by atoms with E-state index >= 15 is 0 Å². The van der Waals surface area contributed by atoms with Crippen molar-refractivity contribution in [1.29, 1.82) is 0 Å². The van der Waals surface area contributed by atoms with Crippen molar-refractivity contribution in [3.05, 3.63) is 28.2 Å². The predicted octanol–water partition coefficient (Wildman–Crippen LogP) is 2.82. The third kappa shape index (κ3) is 3.68. The summed E-state index contributed by atoms with van der Waals surface area (Å²) in [6.07, 6.45) is 2.57. The summed E-state index contributed by atoms with van der Waals surface area (Å²) >= 11 is 8.59. The molecule has 0 aromatic heterocycles. The number of hydrogen-bond donors (Lipinski definition) is 2. The van der Waals surface area contributed by atoms with E-state index in [1.54, 1.807) is 0 Å². The number of thiocarbonyl (C=S) groups is 1. The number of aliphatic hydroxyl groups is 1. The van der Waals surface area contributed by atoms with Gasteiger partial charge < -0.3 is 15.7 Å². The molecule has 0 bridgehead atoms. The molecule has 104 valence electrons. The van der Waals surface area contributed by atoms with Crippen LogP contribution in [0.25, 0.3) is 0 Å². The van der Waals surface area contributed by atoms with E-state index in [0.717, 1.165) is 48.1 Å². The third-order valence-electron chi connectivity index (χ3n) is 3.63. The maximum atomic E-state index is 10.2. The van der Waals surface area contributed by atoms with Crippen molar-refractivity contribution in [3.63, 3.8) is 0 Å². The van der Waals surface area contributed by atoms with Gasteiger partial charge in [0.25, 0.3) is 0 Å². The average molecular weight is 343 g/mol. The molecule has 3 N–H and O–H groups in total. The molecular weight excluding hydrogens is 324 g/mol. The first kappa shape index (κ1) is 14.8. The topological polar surface area (TPSA) is 49.5 Å². The summed E-state index contributed by atoms with van der Waals surface area (Å²) in [5, 5.41) is 10.2. The van der Waals surface area contributed by atoms with E-state index in [-0.39, 0.29) is 0 Å². The minimum atomic E-state index is -0.562. The summed E-state index contributed by atoms with van der Waals surface area (Å²) < 4.78 is 0.973. The minimum absolute atomic E-state index is 0.410. The highest BCUT2D eigenvalue weighted by Crippen LogP contribution is 2.29. The number of benzene rings is 1. The summed E-state index contributed by atoms with van der Waals surface area (Å²) in [6, 6.07) is 6.00. The Hall–Kier alpha value is -0.650. The Bertz CT molecular complexity index is 490. The van der Waals surface area contributed by atoms with Gasteiger partial charge in [-0.15, -0.1) is 0 Å². The van der Waals surface area contributed by atoms with Crippen molar-refractivity contribution in [2.24, 2.45) is 5.73 Å². The fraction of sp³-hybridized carbons (Fsp3) is 0.500. The molecule has 1 aliphatic rings. The molecule has 0 saturated carbocycles. The zero-order valence-corrected chi connectivity index (χ0v) is 13.4. The van der Waals surface area contributed by atoms with Crippen molar-refractivity contribution >= 4 is 38.8 Å². The zero-order valence-electron chi connectivity index (χ0n) is 11.0. The van der Waals surface area contributed by atoms with E-state index in [4.69, 9.17) is 18.0 Å². The van der Waals surface area contributed by atoms with Gasteiger partial charge >= 0.3 is 0 Å². The van der Waals surface area contributed by atoms with Crippen LogP contribution in [0.15, 0.2) is 22.7 Å². The highest BCUT2D eigenvalue weighted by atomic mass is 79.9. The molecular formula is C14H19BrN2OS. The van der Waals surface area contributed by atoms with Gasteiger partial charge in [0, 0.05) is 28.8 Å². The molecule has 0 amide bonds. The van der Waals surface area contributed by atoms with Crippen LogP contribution in [0.1, 0.15) is 31.7 Å². The second kappa shape index (κ2) is 5.77. The SMILES string of the molecule is CC1(O)CCCN(c2ccc(Br)cc2C(N)=S)CC1. The number of anilines is 1. The molecule has 3 nitrogen and oxygen atoms in total. The minimum Gasteiger partial charge on any atom is -0.390 e. The maximum Gasteiger partial charge on any atom is 0.106 e. The van der Waals surface area contributed by atoms with Gasteiger partial charge in [0.05, 0.1) is 5.60 Å². The summed E-state index contributed by atoms with van der Waals surface area (Å²) in [5.74, 6) is 0. The van der Waals surface area contributed by atoms with Crippen LogP contribution >= 0.6 is 28.1 Å². The first-order valence-electron chi connectivity index (χ1n) is 6.46. The second-order valence-electron chi connectivity index (χ2n) is 5.36. The Labute approximate surface area is 127 Å². The molecule has 1 aliphatic heterocycles. The van der Waals surface area contributed by atoms with Crippen LogP contribution in [0.4, 0.5) is 5.69 Å². The highest BCUT2D eigenvalue weighted by Gasteiger charge is 2.26. The average Bonchev–Trinajstić information content (AvgIpc) is 2.50. The Morgan fingerprint density at radius 2 is 2.16 bits per heavy atom. The molecule has 0 radical (unpaired) electrons. The number of hydrogen-bond acceptors (Lipinski definition) is 3. The zero-order chi connectivity index (χ0) is 14.0. The Morgan fingerprint density at radius 3 is 2.84 bits per heavy atom. The van der Waals surface area contributed by atoms with Gasteiger partial charge in [0.15, 0.2) is 0 Å². The van der Waals surface area contributed by atoms with E-state index in [9.17, 15) is 5.11 Å². The van der Waals surface area contributed by atoms with Gasteiger partial charge in [-0.05, 0) is 44.4 Å². The molecule has 2 rings (SSSR count). The number of nitrogens with zero attached hydrogens (tertiary/aromatic N) is 1. The van der Waals surface area contributed by atoms with Crippen LogP contribution in [0, 0.1) is 0 Å². The maximum absolute atomic E-state index is 10.2. The fourth-order valence-electron chi connectivity index (χ4n) is 2.49. The largest absolute Gasteiger partial charge is 0.390 e. The molecule has 1 atom stereocenters. The van der Waals surface area contributed by atoms with Crippen LogP contribution in [-0.4, -0.2) is 28.8 Å². The monoisotopic (exact) mass is 342 g/mol. The first-order valence-corrected chi connectivity index (χ1v) is 7.66. The molecule has 1 fully saturated rings. The lowest BCUT2D eigenvalue weighted by molar-refractivity contribution is 0.0481. The van der Waals surface area contributed by atoms with Gasteiger partial charge in [-0.3, -0.25) is 0 Å². The molecule has 1 aromatic rings. The van der Waals surface area contributed by atoms with Crippen LogP contribution < -0.4 is 10.6 Å². The van der Waals surface area contributed by atoms with Crippen molar-refractivity contribution in [1.82, 2.24) is 0 Å². The molecule has 1 saturated heterocycles. The lowest BCUT2D eigenvalue weighted by Crippen LogP contribution is -2.29. The van der Waals surface area contributed by atoms with Crippen LogP contribution in [0.2, 0.25) is 0 Å². The molecule has 0 spiro atoms. The van der Waals surface area contributed by atoms with Gasteiger partial charge in [0.1, 0.15) is 4.99 Å². The Balaban J connectivity index is 2.29. The van der Waals surface area contributed by atoms with E-state index in [2.05, 4.69) is 20.8 Å². The highest BCUT2D eigenvalue weighted by molar-refractivity contribution is 9.10. The third-order valence-corrected chi connectivity index (χ3v) is 4.34. The number of rotatable bonds is 2. The lowest BCUT2D eigenvalue weighted by Gasteiger charge is -2.26. The Morgan fingerprint density at radius 1 is 1.42 bits per heavy atom. The molecule has 1 unspecified atom stereocenters. The normalized spacial score (nSPS) is 24.1. The van der Waals surface area contributed by atoms with Crippen molar-refractivity contribution < 1.29 is 5.11 Å². The van der Waals surface area contributed by atoms with Crippen molar-refractivity contribution in [3.8, 4) is 0 Å². The summed E-state index contributed by atoms with van der Waals surface area (Å²) in [7, 11) is 0. The van der Waals surface area contributed by atoms with E-state index in [0.29, 0.717) is 4.99 Å². The van der Waals surface area contributed by atoms with E-state index in [1.807, 2.05) is 25.1 Å². The lowest BCUT2D eigenvalue weighted by atomic mass is 9.98. The molecule has 5 heteroatoms. The van der Waals surface area contributed by atoms with E-state index < -0.39 is 5.60 Å². The smallest absolute Gasteiger partial charge is 0.106 e. The predicted molar refractivity (Wildman–Crippen MR) is 86.7 cm³/mol. The standard InChI is InChI=1S/C14H19BrN2OS/c1-14(18)5-2-7-17(8-6-14)12-4-3-10(15)9-11(12)13(16)19/h3-4,9,18H,2,5-8H2,1H3,(H2,16,19). The van der Waals surface area contributed by atoms with Crippen molar-refractivity contribution in [2.45, 2.75) is 31.8 Å². The quantitative estimate of drug-likeness (QED) is 0.811. The summed E-state index contributed by atoms with van der Waals surface area (Å²) in [5.41, 5.74) is 7.21. The van der Waals surface area contributed by atoms with Gasteiger partial charge in [0.2, 0.25) is 0 Å². The van der Waals surface area contributed by atoms with Gasteiger partial charge in [-0.1, -0.05) is 28.1 Å². The number of nitrogens with two attached hydrogens (primary N) is 1. The summed E-state index contributed by atoms with van der Waals surface area (Å²) in [6.45, 7) is 3.66. The van der Waals surface area contributed by atoms with Crippen molar-refractivity contribution in [2.75, 3.05) is 18.0 Å². The number of halogens is 1. The fourth-order valence-corrected chi connectivity index (χ4v) is 3.01. The second-order valence-corrected chi connectivity index (χ2v) is 6.72. The summed E-state index contributed by atoms with van der Waals surface area (Å²) in [4.78, 5) is 2.68. The van der Waals surface area contributed by atoms with Gasteiger partial charge in [-0.25, -0.2) is 0 Å². The first-order chi connectivity index (χ1) is 8.89. The van der Waals surface area contributed by atoms with Crippen LogP contribution in [0.5, 0.6) is 0 Å². The molecule has 1 aromatic carbocycles.